The molecule has 4 nitrogen and oxygen atoms in total. The Balaban J connectivity index is 2.29. The van der Waals surface area contributed by atoms with Crippen molar-refractivity contribution in [1.29, 1.82) is 0 Å². The molecule has 0 aliphatic heterocycles. The Kier molecular flexibility index (Phi) is 2.85. The molecule has 0 fully saturated rings. The van der Waals surface area contributed by atoms with Crippen molar-refractivity contribution in [3.8, 4) is 5.69 Å². The summed E-state index contributed by atoms with van der Waals surface area (Å²) in [6, 6.07) is 13.8. The Hall–Kier alpha value is -1.72. The molecule has 5 heteroatoms. The summed E-state index contributed by atoms with van der Waals surface area (Å²) in [6.07, 6.45) is 0. The van der Waals surface area contributed by atoms with Crippen LogP contribution < -0.4 is 5.73 Å². The quantitative estimate of drug-likeness (QED) is 0.792. The van der Waals surface area contributed by atoms with Crippen LogP contribution in [0.15, 0.2) is 46.9 Å². The Labute approximate surface area is 113 Å². The highest BCUT2D eigenvalue weighted by molar-refractivity contribution is 9.10. The lowest BCUT2D eigenvalue weighted by Gasteiger charge is -2.08. The van der Waals surface area contributed by atoms with Gasteiger partial charge in [0.2, 0.25) is 0 Å². The molecule has 0 saturated carbocycles. The summed E-state index contributed by atoms with van der Waals surface area (Å²) in [6.45, 7) is 0.469. The number of aromatic nitrogens is 3. The van der Waals surface area contributed by atoms with Crippen molar-refractivity contribution in [2.24, 2.45) is 5.73 Å². The third-order valence-corrected chi connectivity index (χ3v) is 3.34. The zero-order chi connectivity index (χ0) is 12.5. The number of hydrogen-bond acceptors (Lipinski definition) is 3. The SMILES string of the molecule is NCc1ccc(Br)cc1-n1nnc2ccccc21. The summed E-state index contributed by atoms with van der Waals surface area (Å²) in [5, 5.41) is 8.36. The summed E-state index contributed by atoms with van der Waals surface area (Å²) in [5.74, 6) is 0. The molecule has 2 N–H and O–H groups in total. The average Bonchev–Trinajstić information content (AvgIpc) is 2.82. The van der Waals surface area contributed by atoms with Gasteiger partial charge in [-0.1, -0.05) is 39.3 Å². The topological polar surface area (TPSA) is 56.7 Å². The van der Waals surface area contributed by atoms with E-state index < -0.39 is 0 Å². The Morgan fingerprint density at radius 2 is 2.00 bits per heavy atom. The van der Waals surface area contributed by atoms with Gasteiger partial charge in [-0.25, -0.2) is 4.68 Å². The van der Waals surface area contributed by atoms with Crippen LogP contribution in [0.4, 0.5) is 0 Å². The van der Waals surface area contributed by atoms with Crippen molar-refractivity contribution in [1.82, 2.24) is 15.0 Å². The van der Waals surface area contributed by atoms with Crippen LogP contribution >= 0.6 is 15.9 Å². The zero-order valence-corrected chi connectivity index (χ0v) is 11.1. The molecule has 2 aromatic carbocycles. The number of nitrogens with two attached hydrogens (primary N) is 1. The molecule has 0 aliphatic carbocycles. The molecule has 0 amide bonds. The molecule has 0 bridgehead atoms. The second kappa shape index (κ2) is 4.51. The van der Waals surface area contributed by atoms with Gasteiger partial charge in [0.15, 0.2) is 0 Å². The number of para-hydroxylation sites is 1. The first-order chi connectivity index (χ1) is 8.79. The van der Waals surface area contributed by atoms with Gasteiger partial charge >= 0.3 is 0 Å². The van der Waals surface area contributed by atoms with E-state index in [0.717, 1.165) is 26.8 Å². The predicted octanol–water partition coefficient (Wildman–Crippen LogP) is 2.64. The van der Waals surface area contributed by atoms with Crippen LogP contribution in [-0.4, -0.2) is 15.0 Å². The van der Waals surface area contributed by atoms with E-state index in [-0.39, 0.29) is 0 Å². The minimum atomic E-state index is 0.469. The lowest BCUT2D eigenvalue weighted by atomic mass is 10.2. The van der Waals surface area contributed by atoms with Crippen LogP contribution in [0.1, 0.15) is 5.56 Å². The lowest BCUT2D eigenvalue weighted by Crippen LogP contribution is -2.05. The monoisotopic (exact) mass is 302 g/mol. The molecule has 3 aromatic rings. The predicted molar refractivity (Wildman–Crippen MR) is 74.5 cm³/mol. The average molecular weight is 303 g/mol. The van der Waals surface area contributed by atoms with Crippen molar-refractivity contribution in [3.63, 3.8) is 0 Å². The van der Waals surface area contributed by atoms with E-state index in [4.69, 9.17) is 5.73 Å². The fraction of sp³-hybridized carbons (Fsp3) is 0.0769. The van der Waals surface area contributed by atoms with Gasteiger partial charge in [0, 0.05) is 11.0 Å². The minimum Gasteiger partial charge on any atom is -0.326 e. The molecule has 0 unspecified atom stereocenters. The zero-order valence-electron chi connectivity index (χ0n) is 9.55. The van der Waals surface area contributed by atoms with E-state index in [1.807, 2.05) is 47.1 Å². The van der Waals surface area contributed by atoms with Gasteiger partial charge in [-0.2, -0.15) is 0 Å². The summed E-state index contributed by atoms with van der Waals surface area (Å²) >= 11 is 3.47. The molecule has 0 radical (unpaired) electrons. The maximum absolute atomic E-state index is 5.77. The lowest BCUT2D eigenvalue weighted by molar-refractivity contribution is 0.811. The van der Waals surface area contributed by atoms with Gasteiger partial charge in [-0.05, 0) is 29.8 Å². The molecule has 90 valence electrons. The standard InChI is InChI=1S/C13H11BrN4/c14-10-6-5-9(8-15)13(7-10)18-12-4-2-1-3-11(12)16-17-18/h1-7H,8,15H2. The molecule has 1 heterocycles. The summed E-state index contributed by atoms with van der Waals surface area (Å²) in [7, 11) is 0. The molecule has 0 spiro atoms. The van der Waals surface area contributed by atoms with Crippen LogP contribution in [0.3, 0.4) is 0 Å². The van der Waals surface area contributed by atoms with Crippen molar-refractivity contribution < 1.29 is 0 Å². The van der Waals surface area contributed by atoms with Gasteiger partial charge in [0.1, 0.15) is 5.52 Å². The number of rotatable bonds is 2. The van der Waals surface area contributed by atoms with Gasteiger partial charge < -0.3 is 5.73 Å². The van der Waals surface area contributed by atoms with Gasteiger partial charge in [0.25, 0.3) is 0 Å². The first-order valence-electron chi connectivity index (χ1n) is 5.59. The molecule has 0 saturated heterocycles. The van der Waals surface area contributed by atoms with Crippen molar-refractivity contribution in [3.05, 3.63) is 52.5 Å². The molecular weight excluding hydrogens is 292 g/mol. The molecule has 0 atom stereocenters. The number of hydrogen-bond donors (Lipinski definition) is 1. The third kappa shape index (κ3) is 1.81. The van der Waals surface area contributed by atoms with Gasteiger partial charge in [-0.15, -0.1) is 5.10 Å². The van der Waals surface area contributed by atoms with Crippen LogP contribution in [0.5, 0.6) is 0 Å². The normalized spacial score (nSPS) is 11.0. The van der Waals surface area contributed by atoms with Gasteiger partial charge in [-0.3, -0.25) is 0 Å². The molecule has 0 aliphatic rings. The molecular formula is C13H11BrN4. The van der Waals surface area contributed by atoms with Crippen molar-refractivity contribution in [2.75, 3.05) is 0 Å². The second-order valence-corrected chi connectivity index (χ2v) is 4.88. The molecule has 3 rings (SSSR count). The number of fused-ring (bicyclic) bond motifs is 1. The van der Waals surface area contributed by atoms with Crippen LogP contribution in [0.25, 0.3) is 16.7 Å². The highest BCUT2D eigenvalue weighted by atomic mass is 79.9. The maximum Gasteiger partial charge on any atom is 0.113 e. The Bertz CT molecular complexity index is 705. The minimum absolute atomic E-state index is 0.469. The molecule has 18 heavy (non-hydrogen) atoms. The van der Waals surface area contributed by atoms with Crippen molar-refractivity contribution in [2.45, 2.75) is 6.54 Å². The first kappa shape index (κ1) is 11.4. The van der Waals surface area contributed by atoms with Crippen molar-refractivity contribution >= 4 is 27.0 Å². The number of halogens is 1. The fourth-order valence-electron chi connectivity index (χ4n) is 1.95. The Morgan fingerprint density at radius 1 is 1.17 bits per heavy atom. The summed E-state index contributed by atoms with van der Waals surface area (Å²) < 4.78 is 2.82. The van der Waals surface area contributed by atoms with Gasteiger partial charge in [0.05, 0.1) is 11.2 Å². The Morgan fingerprint density at radius 3 is 2.83 bits per heavy atom. The third-order valence-electron chi connectivity index (χ3n) is 2.85. The van der Waals surface area contributed by atoms with E-state index in [0.29, 0.717) is 6.54 Å². The van der Waals surface area contributed by atoms with E-state index in [9.17, 15) is 0 Å². The highest BCUT2D eigenvalue weighted by Gasteiger charge is 2.09. The number of nitrogens with zero attached hydrogens (tertiary/aromatic N) is 3. The highest BCUT2D eigenvalue weighted by Crippen LogP contribution is 2.22. The maximum atomic E-state index is 5.77. The van der Waals surface area contributed by atoms with E-state index >= 15 is 0 Å². The fourth-order valence-corrected chi connectivity index (χ4v) is 2.30. The largest absolute Gasteiger partial charge is 0.326 e. The first-order valence-corrected chi connectivity index (χ1v) is 6.38. The van der Waals surface area contributed by atoms with E-state index in [1.54, 1.807) is 0 Å². The van der Waals surface area contributed by atoms with E-state index in [1.165, 1.54) is 0 Å². The van der Waals surface area contributed by atoms with Crippen LogP contribution in [0.2, 0.25) is 0 Å². The second-order valence-electron chi connectivity index (χ2n) is 3.97. The van der Waals surface area contributed by atoms with Crippen LogP contribution in [0, 0.1) is 0 Å². The number of benzene rings is 2. The summed E-state index contributed by atoms with van der Waals surface area (Å²) in [5.41, 5.74) is 9.62. The van der Waals surface area contributed by atoms with E-state index in [2.05, 4.69) is 26.2 Å². The molecule has 1 aromatic heterocycles. The van der Waals surface area contributed by atoms with Crippen LogP contribution in [-0.2, 0) is 6.54 Å². The summed E-state index contributed by atoms with van der Waals surface area (Å²) in [4.78, 5) is 0. The smallest absolute Gasteiger partial charge is 0.113 e.